The topological polar surface area (TPSA) is 95.0 Å². The van der Waals surface area contributed by atoms with Crippen LogP contribution in [0.2, 0.25) is 0 Å². The molecule has 0 atom stereocenters. The normalized spacial score (nSPS) is 11.6. The van der Waals surface area contributed by atoms with Crippen LogP contribution in [0.1, 0.15) is 51.3 Å². The van der Waals surface area contributed by atoms with Gasteiger partial charge in [-0.2, -0.15) is 4.31 Å². The van der Waals surface area contributed by atoms with Crippen molar-refractivity contribution in [1.82, 2.24) is 9.29 Å². The van der Waals surface area contributed by atoms with Crippen LogP contribution in [0.3, 0.4) is 0 Å². The van der Waals surface area contributed by atoms with Crippen LogP contribution >= 0.6 is 0 Å². The molecule has 8 nitrogen and oxygen atoms in total. The van der Waals surface area contributed by atoms with Gasteiger partial charge in [-0.25, -0.2) is 13.2 Å². The molecule has 34 heavy (non-hydrogen) atoms. The molecule has 1 aromatic heterocycles. The van der Waals surface area contributed by atoms with Crippen molar-refractivity contribution >= 4 is 16.0 Å². The largest absolute Gasteiger partial charge is 0.497 e. The summed E-state index contributed by atoms with van der Waals surface area (Å²) in [6.07, 6.45) is 3.25. The van der Waals surface area contributed by atoms with Crippen molar-refractivity contribution < 1.29 is 27.4 Å². The van der Waals surface area contributed by atoms with Crippen molar-refractivity contribution in [1.29, 1.82) is 0 Å². The fraction of sp³-hybridized carbons (Fsp3) is 0.520. The molecule has 0 unspecified atom stereocenters. The number of sulfonamides is 1. The molecule has 0 radical (unpaired) electrons. The van der Waals surface area contributed by atoms with Crippen molar-refractivity contribution in [2.75, 3.05) is 26.9 Å². The summed E-state index contributed by atoms with van der Waals surface area (Å²) in [4.78, 5) is 16.2. The Labute approximate surface area is 204 Å². The maximum Gasteiger partial charge on any atom is 0.332 e. The maximum absolute atomic E-state index is 13.6. The molecule has 9 heteroatoms. The van der Waals surface area contributed by atoms with Gasteiger partial charge in [0.1, 0.15) is 18.0 Å². The number of esters is 1. The van der Waals surface area contributed by atoms with Crippen molar-refractivity contribution in [2.45, 2.75) is 65.5 Å². The molecular weight excluding hydrogens is 456 g/mol. The van der Waals surface area contributed by atoms with Crippen LogP contribution in [0.15, 0.2) is 41.6 Å². The van der Waals surface area contributed by atoms with Gasteiger partial charge >= 0.3 is 5.97 Å². The minimum Gasteiger partial charge on any atom is -0.497 e. The first-order chi connectivity index (χ1) is 15.9. The molecule has 0 N–H and O–H groups in total. The van der Waals surface area contributed by atoms with Gasteiger partial charge in [-0.3, -0.25) is 4.98 Å². The number of hydrogen-bond donors (Lipinski definition) is 0. The lowest BCUT2D eigenvalue weighted by atomic mass is 10.1. The summed E-state index contributed by atoms with van der Waals surface area (Å²) < 4.78 is 44.4. The van der Waals surface area contributed by atoms with Crippen LogP contribution in [0.25, 0.3) is 0 Å². The van der Waals surface area contributed by atoms with E-state index >= 15 is 0 Å². The lowest BCUT2D eigenvalue weighted by molar-refractivity contribution is -0.160. The number of rotatable bonds is 10. The number of benzene rings is 1. The van der Waals surface area contributed by atoms with Gasteiger partial charge < -0.3 is 14.2 Å². The minimum absolute atomic E-state index is 0.0347. The lowest BCUT2D eigenvalue weighted by Crippen LogP contribution is -2.35. The zero-order valence-corrected chi connectivity index (χ0v) is 22.4. The third-order valence-electron chi connectivity index (χ3n) is 4.47. The van der Waals surface area contributed by atoms with Crippen molar-refractivity contribution in [3.63, 3.8) is 0 Å². The third kappa shape index (κ3) is 9.04. The van der Waals surface area contributed by atoms with E-state index in [0.29, 0.717) is 16.9 Å². The monoisotopic (exact) mass is 494 g/mol. The van der Waals surface area contributed by atoms with Gasteiger partial charge in [-0.15, -0.1) is 0 Å². The van der Waals surface area contributed by atoms with E-state index in [1.807, 2.05) is 19.9 Å². The Morgan fingerprint density at radius 3 is 2.24 bits per heavy atom. The molecule has 0 amide bonds. The molecule has 0 spiro atoms. The average Bonchev–Trinajstić information content (AvgIpc) is 2.76. The number of aryl methyl sites for hydroxylation is 2. The highest BCUT2D eigenvalue weighted by Gasteiger charge is 2.28. The number of nitrogens with zero attached hydrogens (tertiary/aromatic N) is 2. The molecule has 1 heterocycles. The molecule has 2 rings (SSSR count). The zero-order chi connectivity index (χ0) is 25.9. The van der Waals surface area contributed by atoms with Crippen LogP contribution in [-0.4, -0.2) is 56.1 Å². The summed E-state index contributed by atoms with van der Waals surface area (Å²) in [6, 6.07) is 6.95. The Hall–Kier alpha value is -2.49. The molecule has 0 aliphatic heterocycles. The molecule has 190 valence electrons. The summed E-state index contributed by atoms with van der Waals surface area (Å²) in [5.74, 6) is 0.0967. The molecule has 0 aliphatic carbocycles. The summed E-state index contributed by atoms with van der Waals surface area (Å²) in [7, 11) is -2.32. The molecule has 0 fully saturated rings. The number of hydrogen-bond acceptors (Lipinski definition) is 7. The van der Waals surface area contributed by atoms with Gasteiger partial charge in [-0.05, 0) is 69.5 Å². The van der Waals surface area contributed by atoms with Crippen LogP contribution in [-0.2, 0) is 30.8 Å². The fourth-order valence-corrected chi connectivity index (χ4v) is 5.06. The van der Waals surface area contributed by atoms with E-state index in [9.17, 15) is 13.2 Å². The van der Waals surface area contributed by atoms with E-state index in [-0.39, 0.29) is 31.2 Å². The predicted molar refractivity (Wildman–Crippen MR) is 132 cm³/mol. The summed E-state index contributed by atoms with van der Waals surface area (Å²) in [6.45, 7) is 12.8. The van der Waals surface area contributed by atoms with Gasteiger partial charge in [-0.1, -0.05) is 19.9 Å². The Morgan fingerprint density at radius 2 is 1.74 bits per heavy atom. The number of ether oxygens (including phenoxy) is 3. The molecule has 1 aromatic carbocycles. The molecule has 0 saturated carbocycles. The standard InChI is InChI=1S/C23H32N2O6S.C2H6/c1-17-12-20(29-6)13-18(2)22(17)32(27,28)25(15-19-8-7-9-24-14-19)10-11-30-16-21(26)31-23(3,4)5;1-2/h7-9,12-14H,10-11,15-16H2,1-6H3;1-2H3. The molecule has 2 aromatic rings. The van der Waals surface area contributed by atoms with E-state index in [0.717, 1.165) is 5.56 Å². The van der Waals surface area contributed by atoms with E-state index in [2.05, 4.69) is 4.98 Å². The van der Waals surface area contributed by atoms with Crippen molar-refractivity contribution in [3.8, 4) is 5.75 Å². The van der Waals surface area contributed by atoms with Gasteiger partial charge in [0, 0.05) is 25.5 Å². The lowest BCUT2D eigenvalue weighted by Gasteiger charge is -2.25. The maximum atomic E-state index is 13.6. The minimum atomic E-state index is -3.86. The van der Waals surface area contributed by atoms with Gasteiger partial charge in [0.15, 0.2) is 0 Å². The average molecular weight is 495 g/mol. The second kappa shape index (κ2) is 13.4. The highest BCUT2D eigenvalue weighted by atomic mass is 32.2. The number of aromatic nitrogens is 1. The SMILES string of the molecule is CC.COc1cc(C)c(S(=O)(=O)N(CCOCC(=O)OC(C)(C)C)Cc2cccnc2)c(C)c1. The summed E-state index contributed by atoms with van der Waals surface area (Å²) >= 11 is 0. The molecule has 0 bridgehead atoms. The van der Waals surface area contributed by atoms with Crippen molar-refractivity contribution in [2.24, 2.45) is 0 Å². The highest BCUT2D eigenvalue weighted by molar-refractivity contribution is 7.89. The first-order valence-electron chi connectivity index (χ1n) is 11.3. The van der Waals surface area contributed by atoms with Crippen LogP contribution < -0.4 is 4.74 Å². The number of carbonyl (C=O) groups is 1. The van der Waals surface area contributed by atoms with E-state index in [1.54, 1.807) is 72.3 Å². The molecule has 0 saturated heterocycles. The van der Waals surface area contributed by atoms with Gasteiger partial charge in [0.25, 0.3) is 0 Å². The third-order valence-corrected chi connectivity index (χ3v) is 6.63. The second-order valence-electron chi connectivity index (χ2n) is 8.43. The van der Waals surface area contributed by atoms with E-state index < -0.39 is 21.6 Å². The first-order valence-corrected chi connectivity index (χ1v) is 12.7. The van der Waals surface area contributed by atoms with Crippen LogP contribution in [0, 0.1) is 13.8 Å². The van der Waals surface area contributed by atoms with Crippen LogP contribution in [0.5, 0.6) is 5.75 Å². The zero-order valence-electron chi connectivity index (χ0n) is 21.5. The van der Waals surface area contributed by atoms with Crippen molar-refractivity contribution in [3.05, 3.63) is 53.3 Å². The highest BCUT2D eigenvalue weighted by Crippen LogP contribution is 2.29. The van der Waals surface area contributed by atoms with Crippen LogP contribution in [0.4, 0.5) is 0 Å². The summed E-state index contributed by atoms with van der Waals surface area (Å²) in [5, 5.41) is 0. The number of methoxy groups -OCH3 is 1. The molecular formula is C25H38N2O6S. The quantitative estimate of drug-likeness (QED) is 0.359. The molecule has 0 aliphatic rings. The van der Waals surface area contributed by atoms with E-state index in [1.165, 1.54) is 4.31 Å². The predicted octanol–water partition coefficient (Wildman–Crippen LogP) is 4.28. The number of pyridine rings is 1. The fourth-order valence-electron chi connectivity index (χ4n) is 3.24. The second-order valence-corrected chi connectivity index (χ2v) is 10.3. The summed E-state index contributed by atoms with van der Waals surface area (Å²) in [5.41, 5.74) is 1.31. The number of carbonyl (C=O) groups excluding carboxylic acids is 1. The first kappa shape index (κ1) is 29.5. The Balaban J connectivity index is 0.00000281. The Bertz CT molecular complexity index is 994. The van der Waals surface area contributed by atoms with Gasteiger partial charge in [0.2, 0.25) is 10.0 Å². The van der Waals surface area contributed by atoms with E-state index in [4.69, 9.17) is 14.2 Å². The smallest absolute Gasteiger partial charge is 0.332 e. The Morgan fingerprint density at radius 1 is 1.12 bits per heavy atom. The Kier molecular flexibility index (Phi) is 11.7. The van der Waals surface area contributed by atoms with Gasteiger partial charge in [0.05, 0.1) is 18.6 Å².